The molecule has 5 heteroatoms. The number of carbonyl (C=O) groups excluding carboxylic acids is 1. The summed E-state index contributed by atoms with van der Waals surface area (Å²) in [6.45, 7) is 2.06. The number of pyridine rings is 1. The number of para-hydroxylation sites is 1. The van der Waals surface area contributed by atoms with E-state index in [4.69, 9.17) is 4.98 Å². The van der Waals surface area contributed by atoms with Gasteiger partial charge in [-0.1, -0.05) is 48.0 Å². The number of fused-ring (bicyclic) bond motifs is 1. The standard InChI is InChI=1S/C20H15N3OS/c1-13-5-7-14(8-6-13)16-10-9-15-3-2-4-17(19(15)22-16)23-20(24)18-11-25-12-21-18/h2-12H,1H3,(H,23,24). The Kier molecular flexibility index (Phi) is 3.99. The summed E-state index contributed by atoms with van der Waals surface area (Å²) < 4.78 is 0. The highest BCUT2D eigenvalue weighted by Gasteiger charge is 2.11. The lowest BCUT2D eigenvalue weighted by atomic mass is 10.1. The maximum atomic E-state index is 12.3. The molecular formula is C20H15N3OS. The van der Waals surface area contributed by atoms with E-state index >= 15 is 0 Å². The molecule has 4 rings (SSSR count). The lowest BCUT2D eigenvalue weighted by Gasteiger charge is -2.09. The van der Waals surface area contributed by atoms with E-state index < -0.39 is 0 Å². The predicted octanol–water partition coefficient (Wildman–Crippen LogP) is 4.92. The molecule has 122 valence electrons. The fourth-order valence-electron chi connectivity index (χ4n) is 2.64. The van der Waals surface area contributed by atoms with E-state index in [1.54, 1.807) is 10.9 Å². The predicted molar refractivity (Wildman–Crippen MR) is 102 cm³/mol. The maximum Gasteiger partial charge on any atom is 0.275 e. The van der Waals surface area contributed by atoms with E-state index in [0.29, 0.717) is 11.4 Å². The third-order valence-corrected chi connectivity index (χ3v) is 4.57. The zero-order valence-corrected chi connectivity index (χ0v) is 14.4. The van der Waals surface area contributed by atoms with Crippen LogP contribution in [0.5, 0.6) is 0 Å². The average molecular weight is 345 g/mol. The van der Waals surface area contributed by atoms with Crippen LogP contribution in [0.1, 0.15) is 16.1 Å². The molecule has 2 heterocycles. The van der Waals surface area contributed by atoms with Crippen LogP contribution >= 0.6 is 11.3 Å². The van der Waals surface area contributed by atoms with E-state index in [1.807, 2.05) is 30.3 Å². The molecule has 4 aromatic rings. The van der Waals surface area contributed by atoms with Crippen molar-refractivity contribution >= 4 is 33.8 Å². The first-order valence-corrected chi connectivity index (χ1v) is 8.81. The molecule has 2 aromatic heterocycles. The lowest BCUT2D eigenvalue weighted by molar-refractivity contribution is 0.102. The third kappa shape index (κ3) is 3.14. The van der Waals surface area contributed by atoms with Gasteiger partial charge in [-0.2, -0.15) is 0 Å². The summed E-state index contributed by atoms with van der Waals surface area (Å²) in [5.41, 5.74) is 6.65. The topological polar surface area (TPSA) is 54.9 Å². The van der Waals surface area contributed by atoms with Gasteiger partial charge in [-0.25, -0.2) is 9.97 Å². The largest absolute Gasteiger partial charge is 0.319 e. The molecule has 1 N–H and O–H groups in total. The van der Waals surface area contributed by atoms with Gasteiger partial charge in [0, 0.05) is 16.3 Å². The van der Waals surface area contributed by atoms with Crippen molar-refractivity contribution in [3.8, 4) is 11.3 Å². The number of nitrogens with zero attached hydrogens (tertiary/aromatic N) is 2. The molecule has 0 saturated heterocycles. The van der Waals surface area contributed by atoms with E-state index in [2.05, 4.69) is 41.5 Å². The first kappa shape index (κ1) is 15.5. The van der Waals surface area contributed by atoms with Gasteiger partial charge < -0.3 is 5.32 Å². The van der Waals surface area contributed by atoms with Crippen LogP contribution in [0.2, 0.25) is 0 Å². The number of benzene rings is 2. The van der Waals surface area contributed by atoms with Crippen LogP contribution in [0.15, 0.2) is 65.5 Å². The summed E-state index contributed by atoms with van der Waals surface area (Å²) in [7, 11) is 0. The summed E-state index contributed by atoms with van der Waals surface area (Å²) in [6.07, 6.45) is 0. The Hall–Kier alpha value is -3.05. The number of rotatable bonds is 3. The van der Waals surface area contributed by atoms with Crippen LogP contribution < -0.4 is 5.32 Å². The average Bonchev–Trinajstić information content (AvgIpc) is 3.17. The molecule has 0 aliphatic carbocycles. The fourth-order valence-corrected chi connectivity index (χ4v) is 3.18. The van der Waals surface area contributed by atoms with Crippen molar-refractivity contribution < 1.29 is 4.79 Å². The van der Waals surface area contributed by atoms with Gasteiger partial charge in [-0.15, -0.1) is 11.3 Å². The number of hydrogen-bond donors (Lipinski definition) is 1. The zero-order valence-electron chi connectivity index (χ0n) is 13.6. The van der Waals surface area contributed by atoms with Gasteiger partial charge in [-0.05, 0) is 19.1 Å². The second-order valence-corrected chi connectivity index (χ2v) is 6.49. The zero-order chi connectivity index (χ0) is 17.2. The molecule has 0 bridgehead atoms. The molecule has 25 heavy (non-hydrogen) atoms. The van der Waals surface area contributed by atoms with Crippen LogP contribution in [0, 0.1) is 6.92 Å². The van der Waals surface area contributed by atoms with Crippen LogP contribution in [0.4, 0.5) is 5.69 Å². The van der Waals surface area contributed by atoms with E-state index in [0.717, 1.165) is 22.2 Å². The number of aryl methyl sites for hydroxylation is 1. The molecule has 1 amide bonds. The molecule has 0 unspecified atom stereocenters. The van der Waals surface area contributed by atoms with E-state index in [1.165, 1.54) is 16.9 Å². The minimum Gasteiger partial charge on any atom is -0.319 e. The molecule has 0 saturated carbocycles. The van der Waals surface area contributed by atoms with Crippen molar-refractivity contribution in [2.75, 3.05) is 5.32 Å². The molecule has 0 fully saturated rings. The SMILES string of the molecule is Cc1ccc(-c2ccc3cccc(NC(=O)c4cscn4)c3n2)cc1. The van der Waals surface area contributed by atoms with Gasteiger partial charge in [0.2, 0.25) is 0 Å². The second-order valence-electron chi connectivity index (χ2n) is 5.77. The van der Waals surface area contributed by atoms with Gasteiger partial charge in [0.05, 0.1) is 22.4 Å². The second kappa shape index (κ2) is 6.45. The number of hydrogen-bond acceptors (Lipinski definition) is 4. The fraction of sp³-hybridized carbons (Fsp3) is 0.0500. The van der Waals surface area contributed by atoms with Crippen molar-refractivity contribution in [1.29, 1.82) is 0 Å². The molecule has 0 aliphatic rings. The number of nitrogens with one attached hydrogen (secondary N) is 1. The lowest BCUT2D eigenvalue weighted by Crippen LogP contribution is -2.12. The summed E-state index contributed by atoms with van der Waals surface area (Å²) in [5.74, 6) is -0.226. The van der Waals surface area contributed by atoms with Gasteiger partial charge in [0.1, 0.15) is 5.69 Å². The molecule has 2 aromatic carbocycles. The smallest absolute Gasteiger partial charge is 0.275 e. The number of amides is 1. The van der Waals surface area contributed by atoms with Gasteiger partial charge in [0.25, 0.3) is 5.91 Å². The highest BCUT2D eigenvalue weighted by atomic mass is 32.1. The van der Waals surface area contributed by atoms with Crippen LogP contribution in [0.3, 0.4) is 0 Å². The first-order valence-electron chi connectivity index (χ1n) is 7.87. The van der Waals surface area contributed by atoms with Crippen LogP contribution in [-0.2, 0) is 0 Å². The number of aromatic nitrogens is 2. The van der Waals surface area contributed by atoms with Gasteiger partial charge in [0.15, 0.2) is 0 Å². The van der Waals surface area contributed by atoms with Crippen LogP contribution in [-0.4, -0.2) is 15.9 Å². The van der Waals surface area contributed by atoms with Crippen molar-refractivity contribution in [1.82, 2.24) is 9.97 Å². The summed E-state index contributed by atoms with van der Waals surface area (Å²) >= 11 is 1.40. The Morgan fingerprint density at radius 1 is 1.04 bits per heavy atom. The minimum atomic E-state index is -0.226. The summed E-state index contributed by atoms with van der Waals surface area (Å²) in [5, 5.41) is 5.62. The molecule has 4 nitrogen and oxygen atoms in total. The van der Waals surface area contributed by atoms with E-state index in [-0.39, 0.29) is 5.91 Å². The van der Waals surface area contributed by atoms with Gasteiger partial charge >= 0.3 is 0 Å². The number of carbonyl (C=O) groups is 1. The normalized spacial score (nSPS) is 10.8. The minimum absolute atomic E-state index is 0.226. The van der Waals surface area contributed by atoms with Crippen molar-refractivity contribution in [2.45, 2.75) is 6.92 Å². The Bertz CT molecular complexity index is 1040. The Balaban J connectivity index is 1.75. The van der Waals surface area contributed by atoms with Crippen molar-refractivity contribution in [3.63, 3.8) is 0 Å². The van der Waals surface area contributed by atoms with Gasteiger partial charge in [-0.3, -0.25) is 4.79 Å². The third-order valence-electron chi connectivity index (χ3n) is 3.98. The van der Waals surface area contributed by atoms with Crippen LogP contribution in [0.25, 0.3) is 22.2 Å². The molecule has 0 radical (unpaired) electrons. The highest BCUT2D eigenvalue weighted by Crippen LogP contribution is 2.26. The summed E-state index contributed by atoms with van der Waals surface area (Å²) in [6, 6.07) is 18.0. The van der Waals surface area contributed by atoms with Crippen molar-refractivity contribution in [3.05, 3.63) is 76.7 Å². The molecule has 0 atom stereocenters. The number of thiazole rings is 1. The van der Waals surface area contributed by atoms with Crippen molar-refractivity contribution in [2.24, 2.45) is 0 Å². The quantitative estimate of drug-likeness (QED) is 0.573. The number of anilines is 1. The maximum absolute atomic E-state index is 12.3. The monoisotopic (exact) mass is 345 g/mol. The highest BCUT2D eigenvalue weighted by molar-refractivity contribution is 7.07. The Morgan fingerprint density at radius 3 is 2.64 bits per heavy atom. The molecule has 0 spiro atoms. The first-order chi connectivity index (χ1) is 12.2. The Labute approximate surface area is 149 Å². The van der Waals surface area contributed by atoms with E-state index in [9.17, 15) is 4.79 Å². The summed E-state index contributed by atoms with van der Waals surface area (Å²) in [4.78, 5) is 21.1. The Morgan fingerprint density at radius 2 is 1.88 bits per heavy atom. The molecule has 0 aliphatic heterocycles. The molecular weight excluding hydrogens is 330 g/mol.